The van der Waals surface area contributed by atoms with Crippen LogP contribution in [0.15, 0.2) is 24.3 Å². The van der Waals surface area contributed by atoms with E-state index in [1.54, 1.807) is 0 Å². The Bertz CT molecular complexity index is 1360. The molecule has 3 N–H and O–H groups in total. The number of carbonyl (C=O) groups is 2. The van der Waals surface area contributed by atoms with Gasteiger partial charge in [0.25, 0.3) is 0 Å². The van der Waals surface area contributed by atoms with Gasteiger partial charge < -0.3 is 20.1 Å². The molecule has 0 bridgehead atoms. The maximum Gasteiger partial charge on any atom is 0.472 e. The highest BCUT2D eigenvalue weighted by molar-refractivity contribution is 7.47. The summed E-state index contributed by atoms with van der Waals surface area (Å²) in [6, 6.07) is 0. The Balaban J connectivity index is 3.81. The summed E-state index contributed by atoms with van der Waals surface area (Å²) in [6.45, 7) is 3.82. The van der Waals surface area contributed by atoms with Crippen LogP contribution in [0.5, 0.6) is 0 Å². The molecule has 474 valence electrons. The highest BCUT2D eigenvalue weighted by Crippen LogP contribution is 2.43. The molecule has 0 aromatic rings. The Labute approximate surface area is 497 Å². The van der Waals surface area contributed by atoms with E-state index in [0.29, 0.717) is 6.42 Å². The number of ether oxygens (including phenoxy) is 2. The van der Waals surface area contributed by atoms with Gasteiger partial charge in [-0.2, -0.15) is 0 Å². The fourth-order valence-electron chi connectivity index (χ4n) is 10.8. The molecule has 80 heavy (non-hydrogen) atoms. The van der Waals surface area contributed by atoms with Crippen molar-refractivity contribution in [3.05, 3.63) is 24.3 Å². The summed E-state index contributed by atoms with van der Waals surface area (Å²) in [5.41, 5.74) is 5.40. The highest BCUT2D eigenvalue weighted by atomic mass is 31.2. The summed E-state index contributed by atoms with van der Waals surface area (Å²) in [5.74, 6) is -0.804. The van der Waals surface area contributed by atoms with Crippen LogP contribution < -0.4 is 5.73 Å². The van der Waals surface area contributed by atoms with Crippen LogP contribution in [0, 0.1) is 0 Å². The van der Waals surface area contributed by atoms with Crippen molar-refractivity contribution in [2.24, 2.45) is 5.73 Å². The molecule has 2 atom stereocenters. The number of hydrogen-bond acceptors (Lipinski definition) is 8. The molecule has 10 heteroatoms. The average molecular weight is 1150 g/mol. The summed E-state index contributed by atoms with van der Waals surface area (Å²) < 4.78 is 33.2. The molecule has 0 amide bonds. The van der Waals surface area contributed by atoms with Crippen molar-refractivity contribution in [1.29, 1.82) is 0 Å². The van der Waals surface area contributed by atoms with E-state index in [1.807, 2.05) is 0 Å². The quantitative estimate of drug-likeness (QED) is 0.0264. The molecule has 0 heterocycles. The van der Waals surface area contributed by atoms with E-state index in [1.165, 1.54) is 308 Å². The van der Waals surface area contributed by atoms with Crippen LogP contribution in [0.25, 0.3) is 0 Å². The van der Waals surface area contributed by atoms with Crippen LogP contribution in [0.1, 0.15) is 380 Å². The van der Waals surface area contributed by atoms with Gasteiger partial charge in [-0.25, -0.2) is 4.57 Å². The zero-order chi connectivity index (χ0) is 58.0. The Kier molecular flexibility index (Phi) is 65.4. The fraction of sp³-hybridized carbons (Fsp3) is 0.914. The first kappa shape index (κ1) is 78.5. The number of phosphoric acid groups is 1. The van der Waals surface area contributed by atoms with E-state index in [2.05, 4.69) is 38.2 Å². The predicted molar refractivity (Wildman–Crippen MR) is 344 cm³/mol. The second-order valence-corrected chi connectivity index (χ2v) is 25.6. The van der Waals surface area contributed by atoms with E-state index in [-0.39, 0.29) is 38.6 Å². The van der Waals surface area contributed by atoms with E-state index in [0.717, 1.165) is 38.5 Å². The normalized spacial score (nSPS) is 13.0. The largest absolute Gasteiger partial charge is 0.472 e. The molecule has 0 radical (unpaired) electrons. The molecule has 9 nitrogen and oxygen atoms in total. The maximum atomic E-state index is 12.8. The van der Waals surface area contributed by atoms with Crippen LogP contribution in [0.2, 0.25) is 0 Å². The lowest BCUT2D eigenvalue weighted by Gasteiger charge is -2.19. The van der Waals surface area contributed by atoms with Crippen molar-refractivity contribution in [2.75, 3.05) is 26.4 Å². The Morgan fingerprint density at radius 2 is 0.650 bits per heavy atom. The minimum Gasteiger partial charge on any atom is -0.462 e. The number of esters is 2. The summed E-state index contributed by atoms with van der Waals surface area (Å²) in [6.07, 6.45) is 81.4. The number of unbranched alkanes of at least 4 members (excludes halogenated alkanes) is 51. The van der Waals surface area contributed by atoms with Gasteiger partial charge in [-0.3, -0.25) is 18.6 Å². The second-order valence-electron chi connectivity index (χ2n) is 24.1. The van der Waals surface area contributed by atoms with Gasteiger partial charge in [0.2, 0.25) is 0 Å². The third-order valence-corrected chi connectivity index (χ3v) is 17.1. The predicted octanol–water partition coefficient (Wildman–Crippen LogP) is 22.9. The SMILES string of the molecule is CCCCCCC/C=C\C/C=C\CCCCCCCCCCCCCCCCCC(=O)OC(COC(=O)CCCCCCCCCCCCCCCCCCCCCCCCCCCCCCCCCC)COP(=O)(O)OCCN. The number of rotatable bonds is 68. The first-order valence-electron chi connectivity index (χ1n) is 35.3. The molecular weight excluding hydrogens is 1010 g/mol. The summed E-state index contributed by atoms with van der Waals surface area (Å²) in [7, 11) is -4.39. The van der Waals surface area contributed by atoms with E-state index < -0.39 is 26.5 Å². The van der Waals surface area contributed by atoms with Crippen LogP contribution in [0.4, 0.5) is 0 Å². The molecule has 0 rings (SSSR count). The molecule has 0 aliphatic rings. The van der Waals surface area contributed by atoms with Crippen molar-refractivity contribution >= 4 is 19.8 Å². The van der Waals surface area contributed by atoms with Crippen LogP contribution in [0.3, 0.4) is 0 Å². The number of carbonyl (C=O) groups excluding carboxylic acids is 2. The lowest BCUT2D eigenvalue weighted by molar-refractivity contribution is -0.161. The average Bonchev–Trinajstić information content (AvgIpc) is 3.45. The smallest absolute Gasteiger partial charge is 0.462 e. The van der Waals surface area contributed by atoms with Crippen LogP contribution >= 0.6 is 7.82 Å². The minimum atomic E-state index is -4.39. The number of nitrogens with two attached hydrogens (primary N) is 1. The van der Waals surface area contributed by atoms with Crippen molar-refractivity contribution < 1.29 is 37.6 Å². The van der Waals surface area contributed by atoms with E-state index in [4.69, 9.17) is 24.3 Å². The Morgan fingerprint density at radius 3 is 0.950 bits per heavy atom. The maximum absolute atomic E-state index is 12.8. The third kappa shape index (κ3) is 65.6. The van der Waals surface area contributed by atoms with Crippen LogP contribution in [-0.2, 0) is 32.7 Å². The van der Waals surface area contributed by atoms with E-state index in [9.17, 15) is 19.0 Å². The van der Waals surface area contributed by atoms with Gasteiger partial charge in [0.1, 0.15) is 6.61 Å². The van der Waals surface area contributed by atoms with Crippen molar-refractivity contribution in [3.63, 3.8) is 0 Å². The standard InChI is InChI=1S/C70H136NO8P/c1-3-5-7-9-11-13-15-17-19-21-23-25-27-29-31-32-33-34-35-37-38-40-42-44-46-48-50-52-54-56-58-60-62-69(72)76-66-68(67-78-80(74,75)77-65-64-71)79-70(73)63-61-59-57-55-53-51-49-47-45-43-41-39-36-30-28-26-24-22-20-18-16-14-12-10-8-6-4-2/h16,18,22,24,68H,3-15,17,19-21,23,25-67,71H2,1-2H3,(H,74,75)/b18-16-,24-22-. The van der Waals surface area contributed by atoms with Crippen molar-refractivity contribution in [2.45, 2.75) is 386 Å². The first-order valence-corrected chi connectivity index (χ1v) is 36.8. The lowest BCUT2D eigenvalue weighted by Crippen LogP contribution is -2.29. The molecule has 0 fully saturated rings. The van der Waals surface area contributed by atoms with Crippen molar-refractivity contribution in [1.82, 2.24) is 0 Å². The number of hydrogen-bond donors (Lipinski definition) is 2. The molecule has 2 unspecified atom stereocenters. The van der Waals surface area contributed by atoms with Gasteiger partial charge in [0.15, 0.2) is 6.10 Å². The minimum absolute atomic E-state index is 0.0565. The van der Waals surface area contributed by atoms with Crippen LogP contribution in [-0.4, -0.2) is 49.3 Å². The number of allylic oxidation sites excluding steroid dienone is 4. The lowest BCUT2D eigenvalue weighted by atomic mass is 10.0. The summed E-state index contributed by atoms with van der Waals surface area (Å²) >= 11 is 0. The molecule has 0 aliphatic carbocycles. The van der Waals surface area contributed by atoms with Gasteiger partial charge in [-0.05, 0) is 44.9 Å². The monoisotopic (exact) mass is 1150 g/mol. The zero-order valence-electron chi connectivity index (χ0n) is 53.3. The van der Waals surface area contributed by atoms with Gasteiger partial charge in [-0.1, -0.05) is 346 Å². The first-order chi connectivity index (χ1) is 39.3. The molecule has 0 saturated carbocycles. The van der Waals surface area contributed by atoms with Gasteiger partial charge >= 0.3 is 19.8 Å². The fourth-order valence-corrected chi connectivity index (χ4v) is 11.6. The highest BCUT2D eigenvalue weighted by Gasteiger charge is 2.26. The Morgan fingerprint density at radius 1 is 0.375 bits per heavy atom. The summed E-state index contributed by atoms with van der Waals surface area (Å²) in [4.78, 5) is 35.3. The molecular formula is C70H136NO8P. The molecule has 0 spiro atoms. The molecule has 0 saturated heterocycles. The second kappa shape index (κ2) is 66.6. The Hall–Kier alpha value is -1.51. The zero-order valence-corrected chi connectivity index (χ0v) is 54.2. The topological polar surface area (TPSA) is 134 Å². The van der Waals surface area contributed by atoms with Gasteiger partial charge in [0, 0.05) is 19.4 Å². The van der Waals surface area contributed by atoms with Gasteiger partial charge in [0.05, 0.1) is 13.2 Å². The molecule has 0 aromatic heterocycles. The summed E-state index contributed by atoms with van der Waals surface area (Å²) in [5, 5.41) is 0. The molecule has 0 aromatic carbocycles. The van der Waals surface area contributed by atoms with Crippen molar-refractivity contribution in [3.8, 4) is 0 Å². The van der Waals surface area contributed by atoms with Gasteiger partial charge in [-0.15, -0.1) is 0 Å². The van der Waals surface area contributed by atoms with E-state index >= 15 is 0 Å². The molecule has 0 aliphatic heterocycles. The number of phosphoric ester groups is 1. The third-order valence-electron chi connectivity index (χ3n) is 16.1.